The van der Waals surface area contributed by atoms with Gasteiger partial charge in [0.2, 0.25) is 0 Å². The summed E-state index contributed by atoms with van der Waals surface area (Å²) in [7, 11) is 0. The van der Waals surface area contributed by atoms with Gasteiger partial charge in [-0.1, -0.05) is 46.5 Å². The first-order chi connectivity index (χ1) is 7.62. The van der Waals surface area contributed by atoms with Gasteiger partial charge in [-0.15, -0.1) is 0 Å². The molecule has 1 unspecified atom stereocenters. The van der Waals surface area contributed by atoms with Crippen LogP contribution in [0.15, 0.2) is 0 Å². The maximum atomic E-state index is 11.2. The van der Waals surface area contributed by atoms with Gasteiger partial charge in [-0.3, -0.25) is 0 Å². The zero-order valence-electron chi connectivity index (χ0n) is 10.9. The van der Waals surface area contributed by atoms with Crippen molar-refractivity contribution in [1.82, 2.24) is 10.6 Å². The van der Waals surface area contributed by atoms with E-state index in [2.05, 4.69) is 31.4 Å². The topological polar surface area (TPSA) is 41.1 Å². The van der Waals surface area contributed by atoms with Crippen molar-refractivity contribution in [3.05, 3.63) is 0 Å². The molecular formula is C13H26N2O. The molecule has 3 nitrogen and oxygen atoms in total. The second-order valence-corrected chi connectivity index (χ2v) is 5.27. The van der Waals surface area contributed by atoms with Crippen LogP contribution in [-0.2, 0) is 0 Å². The summed E-state index contributed by atoms with van der Waals surface area (Å²) in [5.41, 5.74) is 0.269. The number of amides is 2. The van der Waals surface area contributed by atoms with Crippen LogP contribution in [0.4, 0.5) is 4.79 Å². The summed E-state index contributed by atoms with van der Waals surface area (Å²) in [5, 5.41) is 5.94. The molecular weight excluding hydrogens is 200 g/mol. The van der Waals surface area contributed by atoms with Crippen molar-refractivity contribution >= 4 is 6.03 Å². The first-order valence-electron chi connectivity index (χ1n) is 6.66. The minimum atomic E-state index is 0.00391. The normalized spacial score (nSPS) is 20.7. The highest BCUT2D eigenvalue weighted by atomic mass is 16.2. The quantitative estimate of drug-likeness (QED) is 0.688. The molecule has 1 saturated heterocycles. The Bertz CT molecular complexity index is 220. The van der Waals surface area contributed by atoms with Gasteiger partial charge in [-0.05, 0) is 18.3 Å². The van der Waals surface area contributed by atoms with Gasteiger partial charge in [0.25, 0.3) is 0 Å². The van der Waals surface area contributed by atoms with Crippen molar-refractivity contribution in [3.63, 3.8) is 0 Å². The smallest absolute Gasteiger partial charge is 0.315 e. The number of urea groups is 1. The van der Waals surface area contributed by atoms with Gasteiger partial charge in [-0.2, -0.15) is 0 Å². The molecule has 2 amide bonds. The van der Waals surface area contributed by atoms with Crippen molar-refractivity contribution in [2.45, 2.75) is 65.3 Å². The Morgan fingerprint density at radius 2 is 1.81 bits per heavy atom. The third-order valence-corrected chi connectivity index (χ3v) is 3.82. The number of hydrogen-bond acceptors (Lipinski definition) is 1. The molecule has 0 bridgehead atoms. The molecule has 0 aliphatic carbocycles. The number of hydrogen-bond donors (Lipinski definition) is 2. The molecule has 1 aliphatic rings. The van der Waals surface area contributed by atoms with E-state index < -0.39 is 0 Å². The zero-order valence-corrected chi connectivity index (χ0v) is 10.9. The first kappa shape index (κ1) is 13.3. The predicted molar refractivity (Wildman–Crippen MR) is 67.5 cm³/mol. The summed E-state index contributed by atoms with van der Waals surface area (Å²) < 4.78 is 0. The van der Waals surface area contributed by atoms with Crippen LogP contribution in [0.1, 0.15) is 59.3 Å². The van der Waals surface area contributed by atoms with Gasteiger partial charge < -0.3 is 10.6 Å². The SMILES string of the molecule is CCCCC(C)(CCCC)C1CNC(=O)N1. The maximum absolute atomic E-state index is 11.2. The highest BCUT2D eigenvalue weighted by Gasteiger charge is 2.37. The lowest BCUT2D eigenvalue weighted by Crippen LogP contribution is -2.42. The van der Waals surface area contributed by atoms with Gasteiger partial charge in [0, 0.05) is 6.54 Å². The van der Waals surface area contributed by atoms with Gasteiger partial charge >= 0.3 is 6.03 Å². The van der Waals surface area contributed by atoms with Crippen LogP contribution in [0.3, 0.4) is 0 Å². The van der Waals surface area contributed by atoms with E-state index in [-0.39, 0.29) is 11.4 Å². The Labute approximate surface area is 99.4 Å². The van der Waals surface area contributed by atoms with Crippen molar-refractivity contribution in [2.24, 2.45) is 5.41 Å². The number of carbonyl (C=O) groups excluding carboxylic acids is 1. The van der Waals surface area contributed by atoms with Crippen molar-refractivity contribution < 1.29 is 4.79 Å². The van der Waals surface area contributed by atoms with Crippen LogP contribution in [0.5, 0.6) is 0 Å². The molecule has 0 radical (unpaired) electrons. The van der Waals surface area contributed by atoms with E-state index in [0.717, 1.165) is 6.54 Å². The highest BCUT2D eigenvalue weighted by molar-refractivity contribution is 5.76. The molecule has 0 saturated carbocycles. The lowest BCUT2D eigenvalue weighted by Gasteiger charge is -2.35. The largest absolute Gasteiger partial charge is 0.336 e. The van der Waals surface area contributed by atoms with E-state index in [4.69, 9.17) is 0 Å². The second kappa shape index (κ2) is 6.12. The van der Waals surface area contributed by atoms with Crippen LogP contribution in [-0.4, -0.2) is 18.6 Å². The summed E-state index contributed by atoms with van der Waals surface area (Å²) in [6, 6.07) is 0.322. The van der Waals surface area contributed by atoms with E-state index in [1.807, 2.05) is 0 Å². The molecule has 94 valence electrons. The van der Waals surface area contributed by atoms with Gasteiger partial charge in [-0.25, -0.2) is 4.79 Å². The fourth-order valence-electron chi connectivity index (χ4n) is 2.51. The zero-order chi connectivity index (χ0) is 12.0. The Balaban J connectivity index is 2.57. The lowest BCUT2D eigenvalue weighted by atomic mass is 9.74. The van der Waals surface area contributed by atoms with Crippen LogP contribution in [0, 0.1) is 5.41 Å². The van der Waals surface area contributed by atoms with Crippen LogP contribution >= 0.6 is 0 Å². The van der Waals surface area contributed by atoms with E-state index in [9.17, 15) is 4.79 Å². The summed E-state index contributed by atoms with van der Waals surface area (Å²) in [6.45, 7) is 7.58. The molecule has 0 aromatic heterocycles. The molecule has 1 heterocycles. The van der Waals surface area contributed by atoms with Crippen molar-refractivity contribution in [1.29, 1.82) is 0 Å². The molecule has 3 heteroatoms. The Hall–Kier alpha value is -0.730. The van der Waals surface area contributed by atoms with E-state index >= 15 is 0 Å². The van der Waals surface area contributed by atoms with Crippen molar-refractivity contribution in [3.8, 4) is 0 Å². The minimum Gasteiger partial charge on any atom is -0.336 e. The van der Waals surface area contributed by atoms with Crippen LogP contribution in [0.2, 0.25) is 0 Å². The molecule has 1 fully saturated rings. The fraction of sp³-hybridized carbons (Fsp3) is 0.923. The molecule has 2 N–H and O–H groups in total. The Morgan fingerprint density at radius 1 is 1.25 bits per heavy atom. The third kappa shape index (κ3) is 3.39. The molecule has 0 spiro atoms. The molecule has 0 aromatic carbocycles. The van der Waals surface area contributed by atoms with E-state index in [1.165, 1.54) is 38.5 Å². The van der Waals surface area contributed by atoms with E-state index in [1.54, 1.807) is 0 Å². The maximum Gasteiger partial charge on any atom is 0.315 e. The fourth-order valence-corrected chi connectivity index (χ4v) is 2.51. The summed E-state index contributed by atoms with van der Waals surface area (Å²) in [5.74, 6) is 0. The number of rotatable bonds is 7. The van der Waals surface area contributed by atoms with Crippen molar-refractivity contribution in [2.75, 3.05) is 6.54 Å². The standard InChI is InChI=1S/C13H26N2O/c1-4-6-8-13(3,9-7-5-2)11-10-14-12(16)15-11/h11H,4-10H2,1-3H3,(H2,14,15,16). The van der Waals surface area contributed by atoms with Gasteiger partial charge in [0.15, 0.2) is 0 Å². The van der Waals surface area contributed by atoms with Gasteiger partial charge in [0.05, 0.1) is 6.04 Å². The first-order valence-corrected chi connectivity index (χ1v) is 6.66. The number of carbonyl (C=O) groups is 1. The van der Waals surface area contributed by atoms with Crippen LogP contribution < -0.4 is 10.6 Å². The summed E-state index contributed by atoms with van der Waals surface area (Å²) >= 11 is 0. The highest BCUT2D eigenvalue weighted by Crippen LogP contribution is 2.35. The molecule has 0 aromatic rings. The molecule has 1 aliphatic heterocycles. The second-order valence-electron chi connectivity index (χ2n) is 5.27. The minimum absolute atomic E-state index is 0.00391. The monoisotopic (exact) mass is 226 g/mol. The average molecular weight is 226 g/mol. The molecule has 1 rings (SSSR count). The van der Waals surface area contributed by atoms with Crippen LogP contribution in [0.25, 0.3) is 0 Å². The third-order valence-electron chi connectivity index (χ3n) is 3.82. The van der Waals surface area contributed by atoms with Gasteiger partial charge in [0.1, 0.15) is 0 Å². The lowest BCUT2D eigenvalue weighted by molar-refractivity contribution is 0.191. The summed E-state index contributed by atoms with van der Waals surface area (Å²) in [4.78, 5) is 11.2. The predicted octanol–water partition coefficient (Wildman–Crippen LogP) is 3.05. The summed E-state index contributed by atoms with van der Waals surface area (Å²) in [6.07, 6.45) is 7.41. The Morgan fingerprint density at radius 3 is 2.19 bits per heavy atom. The number of nitrogens with one attached hydrogen (secondary N) is 2. The average Bonchev–Trinajstić information content (AvgIpc) is 2.71. The van der Waals surface area contributed by atoms with E-state index in [0.29, 0.717) is 6.04 Å². The molecule has 16 heavy (non-hydrogen) atoms. The number of unbranched alkanes of at least 4 members (excludes halogenated alkanes) is 2. The Kier molecular flexibility index (Phi) is 5.10. The molecule has 1 atom stereocenters.